The normalized spacial score (nSPS) is 11.4. The van der Waals surface area contributed by atoms with Crippen molar-refractivity contribution < 1.29 is 0 Å². The van der Waals surface area contributed by atoms with E-state index in [9.17, 15) is 0 Å². The van der Waals surface area contributed by atoms with E-state index in [0.29, 0.717) is 0 Å². The molecule has 0 unspecified atom stereocenters. The summed E-state index contributed by atoms with van der Waals surface area (Å²) in [4.78, 5) is 0. The molecule has 11 aromatic rings. The molecule has 270 valence electrons. The Labute approximate surface area is 339 Å². The van der Waals surface area contributed by atoms with Gasteiger partial charge in [-0.2, -0.15) is 0 Å². The summed E-state index contributed by atoms with van der Waals surface area (Å²) in [5.41, 5.74) is 14.6. The van der Waals surface area contributed by atoms with Crippen molar-refractivity contribution in [2.45, 2.75) is 0 Å². The van der Waals surface area contributed by atoms with Crippen molar-refractivity contribution in [2.75, 3.05) is 0 Å². The lowest BCUT2D eigenvalue weighted by molar-refractivity contribution is 1.59. The summed E-state index contributed by atoms with van der Waals surface area (Å²) in [5.74, 6) is 0. The predicted octanol–water partition coefficient (Wildman–Crippen LogP) is 16.3. The van der Waals surface area contributed by atoms with Crippen LogP contribution >= 0.6 is 0 Å². The molecular formula is C58H38. The van der Waals surface area contributed by atoms with E-state index >= 15 is 0 Å². The van der Waals surface area contributed by atoms with Gasteiger partial charge >= 0.3 is 0 Å². The smallest absolute Gasteiger partial charge is 0.000786 e. The Morgan fingerprint density at radius 1 is 0.190 bits per heavy atom. The first-order valence-corrected chi connectivity index (χ1v) is 20.1. The van der Waals surface area contributed by atoms with Crippen LogP contribution in [0.3, 0.4) is 0 Å². The second-order valence-corrected chi connectivity index (χ2v) is 15.2. The van der Waals surface area contributed by atoms with Gasteiger partial charge in [0.05, 0.1) is 0 Å². The average molecular weight is 735 g/mol. The molecule has 0 N–H and O–H groups in total. The summed E-state index contributed by atoms with van der Waals surface area (Å²) < 4.78 is 0. The zero-order chi connectivity index (χ0) is 38.4. The van der Waals surface area contributed by atoms with Crippen molar-refractivity contribution >= 4 is 43.1 Å². The van der Waals surface area contributed by atoms with Crippen LogP contribution in [0.5, 0.6) is 0 Å². The minimum absolute atomic E-state index is 1.19. The van der Waals surface area contributed by atoms with Gasteiger partial charge in [-0.3, -0.25) is 0 Å². The molecule has 0 aliphatic rings. The second-order valence-electron chi connectivity index (χ2n) is 15.2. The van der Waals surface area contributed by atoms with Crippen molar-refractivity contribution in [2.24, 2.45) is 0 Å². The standard InChI is InChI=1S/C58H38/c1-3-17-41(18-4-1)55-53-27-11-12-28-54(53)56(42-19-5-2-6-20-42)58-52(50-26-14-24-46(38-50)48-32-30-40-16-8-10-22-44(40)36-48)34-33-51(57(55)58)49-25-13-23-45(37-49)47-31-29-39-15-7-9-21-43(39)35-47/h1-38H. The summed E-state index contributed by atoms with van der Waals surface area (Å²) in [6.45, 7) is 0. The summed E-state index contributed by atoms with van der Waals surface area (Å²) in [6, 6.07) is 84.8. The Bertz CT molecular complexity index is 3090. The topological polar surface area (TPSA) is 0 Å². The van der Waals surface area contributed by atoms with Crippen molar-refractivity contribution in [1.82, 2.24) is 0 Å². The van der Waals surface area contributed by atoms with E-state index in [-0.39, 0.29) is 0 Å². The van der Waals surface area contributed by atoms with Crippen molar-refractivity contribution in [3.8, 4) is 66.8 Å². The molecule has 0 fully saturated rings. The Morgan fingerprint density at radius 2 is 0.534 bits per heavy atom. The number of fused-ring (bicyclic) bond motifs is 4. The van der Waals surface area contributed by atoms with Crippen LogP contribution < -0.4 is 0 Å². The van der Waals surface area contributed by atoms with Crippen LogP contribution in [-0.4, -0.2) is 0 Å². The molecule has 0 aliphatic heterocycles. The van der Waals surface area contributed by atoms with Gasteiger partial charge in [0.2, 0.25) is 0 Å². The fourth-order valence-corrected chi connectivity index (χ4v) is 9.07. The molecule has 11 aromatic carbocycles. The highest BCUT2D eigenvalue weighted by Crippen LogP contribution is 2.50. The van der Waals surface area contributed by atoms with Crippen LogP contribution in [0.25, 0.3) is 110 Å². The molecule has 0 heterocycles. The average Bonchev–Trinajstić information content (AvgIpc) is 3.30. The highest BCUT2D eigenvalue weighted by atomic mass is 14.3. The molecule has 0 saturated carbocycles. The molecule has 0 radical (unpaired) electrons. The lowest BCUT2D eigenvalue weighted by Gasteiger charge is -2.23. The maximum absolute atomic E-state index is 2.38. The van der Waals surface area contributed by atoms with Gasteiger partial charge < -0.3 is 0 Å². The monoisotopic (exact) mass is 734 g/mol. The first-order chi connectivity index (χ1) is 28.8. The number of benzene rings is 11. The lowest BCUT2D eigenvalue weighted by atomic mass is 9.80. The van der Waals surface area contributed by atoms with Crippen LogP contribution in [0.15, 0.2) is 231 Å². The minimum Gasteiger partial charge on any atom is -0.0622 e. The molecule has 0 spiro atoms. The van der Waals surface area contributed by atoms with Gasteiger partial charge in [-0.1, -0.05) is 206 Å². The summed E-state index contributed by atoms with van der Waals surface area (Å²) in [6.07, 6.45) is 0. The van der Waals surface area contributed by atoms with Crippen LogP contribution in [-0.2, 0) is 0 Å². The van der Waals surface area contributed by atoms with Crippen LogP contribution in [0.4, 0.5) is 0 Å². The molecule has 0 amide bonds. The Kier molecular flexibility index (Phi) is 8.26. The summed E-state index contributed by atoms with van der Waals surface area (Å²) in [5, 5.41) is 10.0. The molecule has 0 heteroatoms. The van der Waals surface area contributed by atoms with Gasteiger partial charge in [0.1, 0.15) is 0 Å². The molecular weight excluding hydrogens is 697 g/mol. The van der Waals surface area contributed by atoms with Crippen LogP contribution in [0.2, 0.25) is 0 Å². The van der Waals surface area contributed by atoms with E-state index in [1.54, 1.807) is 0 Å². The summed E-state index contributed by atoms with van der Waals surface area (Å²) >= 11 is 0. The first kappa shape index (κ1) is 33.8. The third kappa shape index (κ3) is 5.86. The largest absolute Gasteiger partial charge is 0.0622 e. The molecule has 0 atom stereocenters. The maximum atomic E-state index is 2.38. The predicted molar refractivity (Wildman–Crippen MR) is 249 cm³/mol. The van der Waals surface area contributed by atoms with Gasteiger partial charge in [-0.15, -0.1) is 0 Å². The lowest BCUT2D eigenvalue weighted by Crippen LogP contribution is -1.96. The Morgan fingerprint density at radius 3 is 0.983 bits per heavy atom. The quantitative estimate of drug-likeness (QED) is 0.149. The Hall–Kier alpha value is -7.54. The molecule has 0 nitrogen and oxygen atoms in total. The Balaban J connectivity index is 1.24. The first-order valence-electron chi connectivity index (χ1n) is 20.1. The second kappa shape index (κ2) is 14.2. The fraction of sp³-hybridized carbons (Fsp3) is 0. The van der Waals surface area contributed by atoms with Crippen LogP contribution in [0.1, 0.15) is 0 Å². The van der Waals surface area contributed by atoms with E-state index in [0.717, 1.165) is 0 Å². The molecule has 0 aromatic heterocycles. The number of hydrogen-bond acceptors (Lipinski definition) is 0. The van der Waals surface area contributed by atoms with Gasteiger partial charge in [0.25, 0.3) is 0 Å². The van der Waals surface area contributed by atoms with E-state index < -0.39 is 0 Å². The van der Waals surface area contributed by atoms with E-state index in [1.165, 1.54) is 110 Å². The number of rotatable bonds is 6. The molecule has 11 rings (SSSR count). The van der Waals surface area contributed by atoms with Gasteiger partial charge in [0, 0.05) is 0 Å². The third-order valence-corrected chi connectivity index (χ3v) is 11.8. The van der Waals surface area contributed by atoms with Gasteiger partial charge in [-0.25, -0.2) is 0 Å². The highest BCUT2D eigenvalue weighted by Gasteiger charge is 2.23. The molecule has 0 aliphatic carbocycles. The number of hydrogen-bond donors (Lipinski definition) is 0. The van der Waals surface area contributed by atoms with Gasteiger partial charge in [-0.05, 0) is 134 Å². The summed E-state index contributed by atoms with van der Waals surface area (Å²) in [7, 11) is 0. The van der Waals surface area contributed by atoms with Crippen molar-refractivity contribution in [3.63, 3.8) is 0 Å². The minimum atomic E-state index is 1.19. The van der Waals surface area contributed by atoms with E-state index in [4.69, 9.17) is 0 Å². The molecule has 0 saturated heterocycles. The SMILES string of the molecule is c1ccc(-c2c3ccccc3c(-c3ccccc3)c3c(-c4cccc(-c5ccc6ccccc6c5)c4)ccc(-c4cccc(-c5ccc6ccccc6c5)c4)c23)cc1. The zero-order valence-corrected chi connectivity index (χ0v) is 31.9. The van der Waals surface area contributed by atoms with E-state index in [1.807, 2.05) is 0 Å². The fourth-order valence-electron chi connectivity index (χ4n) is 9.07. The van der Waals surface area contributed by atoms with E-state index in [2.05, 4.69) is 231 Å². The zero-order valence-electron chi connectivity index (χ0n) is 31.9. The van der Waals surface area contributed by atoms with Crippen molar-refractivity contribution in [3.05, 3.63) is 231 Å². The van der Waals surface area contributed by atoms with Crippen LogP contribution in [0, 0.1) is 0 Å². The highest BCUT2D eigenvalue weighted by molar-refractivity contribution is 6.28. The van der Waals surface area contributed by atoms with Gasteiger partial charge in [0.15, 0.2) is 0 Å². The molecule has 58 heavy (non-hydrogen) atoms. The van der Waals surface area contributed by atoms with Crippen molar-refractivity contribution in [1.29, 1.82) is 0 Å². The molecule has 0 bridgehead atoms. The maximum Gasteiger partial charge on any atom is -0.000786 e. The third-order valence-electron chi connectivity index (χ3n) is 11.8.